The third kappa shape index (κ3) is 3.06. The molecule has 0 saturated heterocycles. The zero-order valence-corrected chi connectivity index (χ0v) is 10.2. The summed E-state index contributed by atoms with van der Waals surface area (Å²) in [4.78, 5) is 15.5. The number of aromatic nitrogens is 2. The van der Waals surface area contributed by atoms with Gasteiger partial charge >= 0.3 is 5.97 Å². The smallest absolute Gasteiger partial charge is 0.323 e. The van der Waals surface area contributed by atoms with Crippen LogP contribution in [0.15, 0.2) is 12.5 Å². The van der Waals surface area contributed by atoms with Gasteiger partial charge in [0.15, 0.2) is 0 Å². The van der Waals surface area contributed by atoms with Gasteiger partial charge in [-0.05, 0) is 5.92 Å². The standard InChI is InChI=1S/C11H19N3O2/c1-8(2)10(11(15)16-4)13-6-9-5-12-7-14(9)3/h5,7-8,10,13H,6H2,1-4H3. The number of nitrogens with zero attached hydrogens (tertiary/aromatic N) is 2. The molecular formula is C11H19N3O2. The van der Waals surface area contributed by atoms with Crippen molar-refractivity contribution in [2.75, 3.05) is 7.11 Å². The van der Waals surface area contributed by atoms with E-state index >= 15 is 0 Å². The summed E-state index contributed by atoms with van der Waals surface area (Å²) in [5.74, 6) is -0.0298. The first-order chi connectivity index (χ1) is 7.56. The van der Waals surface area contributed by atoms with Gasteiger partial charge in [-0.15, -0.1) is 0 Å². The molecule has 1 atom stereocenters. The minimum atomic E-state index is -0.278. The molecule has 0 spiro atoms. The maximum atomic E-state index is 11.5. The molecule has 1 unspecified atom stereocenters. The highest BCUT2D eigenvalue weighted by molar-refractivity contribution is 5.75. The van der Waals surface area contributed by atoms with Crippen molar-refractivity contribution in [3.05, 3.63) is 18.2 Å². The molecule has 5 nitrogen and oxygen atoms in total. The topological polar surface area (TPSA) is 56.1 Å². The molecule has 5 heteroatoms. The summed E-state index contributed by atoms with van der Waals surface area (Å²) in [6.07, 6.45) is 3.52. The molecule has 90 valence electrons. The first-order valence-corrected chi connectivity index (χ1v) is 5.32. The van der Waals surface area contributed by atoms with E-state index in [0.717, 1.165) is 5.69 Å². The Kier molecular flexibility index (Phi) is 4.49. The molecule has 0 aromatic carbocycles. The number of hydrogen-bond acceptors (Lipinski definition) is 4. The van der Waals surface area contributed by atoms with Crippen LogP contribution in [0.4, 0.5) is 0 Å². The largest absolute Gasteiger partial charge is 0.468 e. The lowest BCUT2D eigenvalue weighted by molar-refractivity contribution is -0.144. The van der Waals surface area contributed by atoms with Crippen LogP contribution in [0.25, 0.3) is 0 Å². The van der Waals surface area contributed by atoms with Crippen LogP contribution >= 0.6 is 0 Å². The van der Waals surface area contributed by atoms with E-state index in [9.17, 15) is 4.79 Å². The van der Waals surface area contributed by atoms with E-state index in [4.69, 9.17) is 4.74 Å². The lowest BCUT2D eigenvalue weighted by Gasteiger charge is -2.19. The number of esters is 1. The summed E-state index contributed by atoms with van der Waals surface area (Å²) in [6.45, 7) is 4.57. The number of methoxy groups -OCH3 is 1. The van der Waals surface area contributed by atoms with Crippen molar-refractivity contribution in [1.82, 2.24) is 14.9 Å². The predicted molar refractivity (Wildman–Crippen MR) is 60.7 cm³/mol. The highest BCUT2D eigenvalue weighted by Crippen LogP contribution is 2.05. The van der Waals surface area contributed by atoms with Crippen molar-refractivity contribution in [2.24, 2.45) is 13.0 Å². The van der Waals surface area contributed by atoms with Gasteiger partial charge in [-0.1, -0.05) is 13.8 Å². The van der Waals surface area contributed by atoms with Gasteiger partial charge in [0, 0.05) is 19.8 Å². The fraction of sp³-hybridized carbons (Fsp3) is 0.636. The van der Waals surface area contributed by atoms with E-state index in [1.165, 1.54) is 7.11 Å². The van der Waals surface area contributed by atoms with E-state index in [-0.39, 0.29) is 17.9 Å². The predicted octanol–water partition coefficient (Wildman–Crippen LogP) is 0.707. The minimum absolute atomic E-state index is 0.195. The molecule has 0 radical (unpaired) electrons. The van der Waals surface area contributed by atoms with Crippen LogP contribution in [0.3, 0.4) is 0 Å². The third-order valence-electron chi connectivity index (χ3n) is 2.54. The van der Waals surface area contributed by atoms with Crippen molar-refractivity contribution in [3.63, 3.8) is 0 Å². The molecule has 0 amide bonds. The molecule has 1 rings (SSSR count). The Hall–Kier alpha value is -1.36. The number of ether oxygens (including phenoxy) is 1. The lowest BCUT2D eigenvalue weighted by atomic mass is 10.0. The molecule has 1 aromatic heterocycles. The second kappa shape index (κ2) is 5.65. The van der Waals surface area contributed by atoms with Gasteiger partial charge in [-0.2, -0.15) is 0 Å². The Labute approximate surface area is 95.8 Å². The Bertz CT molecular complexity index is 347. The average Bonchev–Trinajstić information content (AvgIpc) is 2.64. The van der Waals surface area contributed by atoms with Crippen LogP contribution in [0.2, 0.25) is 0 Å². The van der Waals surface area contributed by atoms with Crippen molar-refractivity contribution >= 4 is 5.97 Å². The van der Waals surface area contributed by atoms with Gasteiger partial charge in [0.05, 0.1) is 19.1 Å². The average molecular weight is 225 g/mol. The lowest BCUT2D eigenvalue weighted by Crippen LogP contribution is -2.41. The second-order valence-electron chi connectivity index (χ2n) is 4.12. The Morgan fingerprint density at radius 2 is 2.31 bits per heavy atom. The van der Waals surface area contributed by atoms with Gasteiger partial charge in [0.25, 0.3) is 0 Å². The van der Waals surface area contributed by atoms with Crippen molar-refractivity contribution in [2.45, 2.75) is 26.4 Å². The van der Waals surface area contributed by atoms with E-state index in [1.807, 2.05) is 25.5 Å². The Balaban J connectivity index is 2.57. The zero-order chi connectivity index (χ0) is 12.1. The van der Waals surface area contributed by atoms with Crippen LogP contribution < -0.4 is 5.32 Å². The van der Waals surface area contributed by atoms with Gasteiger partial charge in [-0.3, -0.25) is 10.1 Å². The number of aryl methyl sites for hydroxylation is 1. The maximum Gasteiger partial charge on any atom is 0.323 e. The fourth-order valence-corrected chi connectivity index (χ4v) is 1.49. The van der Waals surface area contributed by atoms with Crippen LogP contribution in [-0.2, 0) is 23.1 Å². The summed E-state index contributed by atoms with van der Waals surface area (Å²) in [7, 11) is 3.33. The molecule has 0 fully saturated rings. The summed E-state index contributed by atoms with van der Waals surface area (Å²) < 4.78 is 6.67. The van der Waals surface area contributed by atoms with Crippen molar-refractivity contribution in [1.29, 1.82) is 0 Å². The number of nitrogens with one attached hydrogen (secondary N) is 1. The van der Waals surface area contributed by atoms with Gasteiger partial charge < -0.3 is 9.30 Å². The molecule has 1 N–H and O–H groups in total. The van der Waals surface area contributed by atoms with Gasteiger partial charge in [-0.25, -0.2) is 4.98 Å². The fourth-order valence-electron chi connectivity index (χ4n) is 1.49. The summed E-state index contributed by atoms with van der Waals surface area (Å²) in [6, 6.07) is -0.278. The van der Waals surface area contributed by atoms with E-state index in [1.54, 1.807) is 12.5 Å². The number of hydrogen-bond donors (Lipinski definition) is 1. The Morgan fingerprint density at radius 1 is 1.62 bits per heavy atom. The minimum Gasteiger partial charge on any atom is -0.468 e. The zero-order valence-electron chi connectivity index (χ0n) is 10.2. The monoisotopic (exact) mass is 225 g/mol. The summed E-state index contributed by atoms with van der Waals surface area (Å²) in [5.41, 5.74) is 1.04. The van der Waals surface area contributed by atoms with Crippen LogP contribution in [0.1, 0.15) is 19.5 Å². The van der Waals surface area contributed by atoms with Crippen LogP contribution in [0, 0.1) is 5.92 Å². The number of carbonyl (C=O) groups excluding carboxylic acids is 1. The van der Waals surface area contributed by atoms with Crippen LogP contribution in [0.5, 0.6) is 0 Å². The second-order valence-corrected chi connectivity index (χ2v) is 4.12. The molecule has 16 heavy (non-hydrogen) atoms. The Morgan fingerprint density at radius 3 is 2.75 bits per heavy atom. The molecule has 1 heterocycles. The number of rotatable bonds is 5. The molecular weight excluding hydrogens is 206 g/mol. The van der Waals surface area contributed by atoms with E-state index < -0.39 is 0 Å². The quantitative estimate of drug-likeness (QED) is 0.750. The molecule has 0 aliphatic rings. The molecule has 0 bridgehead atoms. The number of imidazole rings is 1. The third-order valence-corrected chi connectivity index (χ3v) is 2.54. The molecule has 0 aliphatic carbocycles. The molecule has 1 aromatic rings. The number of carbonyl (C=O) groups is 1. The summed E-state index contributed by atoms with van der Waals surface area (Å²) in [5, 5.41) is 3.18. The first kappa shape index (κ1) is 12.7. The van der Waals surface area contributed by atoms with E-state index in [2.05, 4.69) is 10.3 Å². The maximum absolute atomic E-state index is 11.5. The molecule has 0 saturated carbocycles. The van der Waals surface area contributed by atoms with Crippen molar-refractivity contribution < 1.29 is 9.53 Å². The van der Waals surface area contributed by atoms with Gasteiger partial charge in [0.2, 0.25) is 0 Å². The SMILES string of the molecule is COC(=O)C(NCc1cncn1C)C(C)C. The van der Waals surface area contributed by atoms with Crippen molar-refractivity contribution in [3.8, 4) is 0 Å². The summed E-state index contributed by atoms with van der Waals surface area (Å²) >= 11 is 0. The van der Waals surface area contributed by atoms with Gasteiger partial charge in [0.1, 0.15) is 6.04 Å². The highest BCUT2D eigenvalue weighted by Gasteiger charge is 2.22. The van der Waals surface area contributed by atoms with Crippen LogP contribution in [-0.4, -0.2) is 28.7 Å². The highest BCUT2D eigenvalue weighted by atomic mass is 16.5. The molecule has 0 aliphatic heterocycles. The van der Waals surface area contributed by atoms with E-state index in [0.29, 0.717) is 6.54 Å². The normalized spacial score (nSPS) is 12.8. The first-order valence-electron chi connectivity index (χ1n) is 5.32.